The van der Waals surface area contributed by atoms with Crippen molar-refractivity contribution in [3.05, 3.63) is 5.82 Å². The Bertz CT molecular complexity index is 353. The summed E-state index contributed by atoms with van der Waals surface area (Å²) in [6, 6.07) is 0. The highest BCUT2D eigenvalue weighted by molar-refractivity contribution is 5.90. The van der Waals surface area contributed by atoms with Crippen LogP contribution >= 0.6 is 0 Å². The van der Waals surface area contributed by atoms with Crippen molar-refractivity contribution < 1.29 is 14.6 Å². The van der Waals surface area contributed by atoms with E-state index in [1.54, 1.807) is 7.05 Å². The highest BCUT2D eigenvalue weighted by Gasteiger charge is 2.18. The van der Waals surface area contributed by atoms with Gasteiger partial charge in [0.05, 0.1) is 12.7 Å². The van der Waals surface area contributed by atoms with Crippen LogP contribution in [0.1, 0.15) is 10.6 Å². The number of ether oxygens (including phenoxy) is 1. The van der Waals surface area contributed by atoms with Crippen LogP contribution in [-0.4, -0.2) is 64.5 Å². The fourth-order valence-corrected chi connectivity index (χ4v) is 1.20. The molecule has 0 bridgehead atoms. The molecule has 1 atom stereocenters. The molecule has 0 fully saturated rings. The quantitative estimate of drug-likeness (QED) is 0.563. The number of nitrogens with zero attached hydrogens (tertiary/aromatic N) is 3. The first-order chi connectivity index (χ1) is 7.54. The lowest BCUT2D eigenvalue weighted by atomic mass is 10.3. The summed E-state index contributed by atoms with van der Waals surface area (Å²) in [4.78, 5) is 16.7. The molecular weight excluding hydrogens is 214 g/mol. The molecule has 90 valence electrons. The highest BCUT2D eigenvalue weighted by Crippen LogP contribution is 1.99. The first-order valence-corrected chi connectivity index (χ1v) is 4.65. The number of aliphatic hydroxyl groups is 1. The maximum Gasteiger partial charge on any atom is 0.291 e. The number of aromatic amines is 1. The monoisotopic (exact) mass is 229 g/mol. The summed E-state index contributed by atoms with van der Waals surface area (Å²) in [5, 5.41) is 15.4. The molecule has 8 heteroatoms. The molecule has 1 amide bonds. The molecule has 0 aromatic carbocycles. The minimum absolute atomic E-state index is 0.00851. The van der Waals surface area contributed by atoms with E-state index in [9.17, 15) is 9.90 Å². The van der Waals surface area contributed by atoms with Crippen LogP contribution in [0.5, 0.6) is 0 Å². The average molecular weight is 229 g/mol. The van der Waals surface area contributed by atoms with Crippen LogP contribution in [0, 0.1) is 0 Å². The largest absolute Gasteiger partial charge is 0.389 e. The molecule has 1 heterocycles. The number of amides is 1. The maximum absolute atomic E-state index is 11.7. The summed E-state index contributed by atoms with van der Waals surface area (Å²) in [6.07, 6.45) is -0.737. The predicted molar refractivity (Wildman–Crippen MR) is 55.6 cm³/mol. The standard InChI is InChI=1S/C8H15N5O3/c1-13(3-5(14)4-16-2)7(15)6-10-8(9)12-11-6/h5,14H,3-4H2,1-2H3,(H3,9,10,11,12). The molecule has 8 nitrogen and oxygen atoms in total. The van der Waals surface area contributed by atoms with Gasteiger partial charge in [0.25, 0.3) is 5.91 Å². The number of carbonyl (C=O) groups excluding carboxylic acids is 1. The summed E-state index contributed by atoms with van der Waals surface area (Å²) in [6.45, 7) is 0.309. The maximum atomic E-state index is 11.7. The third-order valence-corrected chi connectivity index (χ3v) is 1.90. The Kier molecular flexibility index (Phi) is 4.20. The molecule has 0 saturated carbocycles. The lowest BCUT2D eigenvalue weighted by molar-refractivity contribution is 0.0375. The second kappa shape index (κ2) is 5.42. The number of aromatic nitrogens is 3. The predicted octanol–water partition coefficient (Wildman–Crippen LogP) is -1.53. The van der Waals surface area contributed by atoms with E-state index in [-0.39, 0.29) is 30.8 Å². The molecule has 0 spiro atoms. The van der Waals surface area contributed by atoms with Crippen molar-refractivity contribution in [2.45, 2.75) is 6.10 Å². The van der Waals surface area contributed by atoms with Gasteiger partial charge < -0.3 is 20.5 Å². The van der Waals surface area contributed by atoms with Crippen molar-refractivity contribution >= 4 is 11.9 Å². The fraction of sp³-hybridized carbons (Fsp3) is 0.625. The fourth-order valence-electron chi connectivity index (χ4n) is 1.20. The first kappa shape index (κ1) is 12.4. The molecule has 0 saturated heterocycles. The zero-order chi connectivity index (χ0) is 12.1. The van der Waals surface area contributed by atoms with Crippen LogP contribution in [0.4, 0.5) is 5.95 Å². The molecular formula is C8H15N5O3. The van der Waals surface area contributed by atoms with Crippen LogP contribution in [0.3, 0.4) is 0 Å². The molecule has 0 aliphatic rings. The Morgan fingerprint density at radius 1 is 1.75 bits per heavy atom. The number of methoxy groups -OCH3 is 1. The minimum atomic E-state index is -0.737. The number of H-pyrrole nitrogens is 1. The number of nitrogen functional groups attached to an aromatic ring is 1. The second-order valence-corrected chi connectivity index (χ2v) is 3.34. The average Bonchev–Trinajstić information content (AvgIpc) is 2.64. The summed E-state index contributed by atoms with van der Waals surface area (Å²) in [5.74, 6) is -0.335. The lowest BCUT2D eigenvalue weighted by Crippen LogP contribution is -2.36. The molecule has 0 aliphatic carbocycles. The van der Waals surface area contributed by atoms with Crippen molar-refractivity contribution in [1.82, 2.24) is 20.1 Å². The molecule has 16 heavy (non-hydrogen) atoms. The molecule has 0 aliphatic heterocycles. The Morgan fingerprint density at radius 2 is 2.44 bits per heavy atom. The van der Waals surface area contributed by atoms with Crippen LogP contribution in [0.25, 0.3) is 0 Å². The SMILES string of the molecule is COCC(O)CN(C)C(=O)c1nc(N)n[nH]1. The van der Waals surface area contributed by atoms with Gasteiger partial charge in [-0.2, -0.15) is 4.98 Å². The number of hydrogen-bond donors (Lipinski definition) is 3. The van der Waals surface area contributed by atoms with Gasteiger partial charge in [-0.1, -0.05) is 0 Å². The summed E-state index contributed by atoms with van der Waals surface area (Å²) < 4.78 is 4.75. The van der Waals surface area contributed by atoms with Crippen LogP contribution in [-0.2, 0) is 4.74 Å². The zero-order valence-corrected chi connectivity index (χ0v) is 9.17. The molecule has 1 aromatic heterocycles. The van der Waals surface area contributed by atoms with Gasteiger partial charge >= 0.3 is 0 Å². The number of aliphatic hydroxyl groups excluding tert-OH is 1. The summed E-state index contributed by atoms with van der Waals surface area (Å²) in [7, 11) is 3.02. The second-order valence-electron chi connectivity index (χ2n) is 3.34. The number of hydrogen-bond acceptors (Lipinski definition) is 6. The Labute approximate surface area is 92.4 Å². The van der Waals surface area contributed by atoms with Gasteiger partial charge in [0.2, 0.25) is 11.8 Å². The molecule has 0 radical (unpaired) electrons. The van der Waals surface area contributed by atoms with Gasteiger partial charge in [-0.3, -0.25) is 9.89 Å². The Hall–Kier alpha value is -1.67. The Balaban J connectivity index is 2.54. The van der Waals surface area contributed by atoms with Crippen molar-refractivity contribution in [3.63, 3.8) is 0 Å². The van der Waals surface area contributed by atoms with Crippen LogP contribution in [0.15, 0.2) is 0 Å². The molecule has 4 N–H and O–H groups in total. The van der Waals surface area contributed by atoms with E-state index in [1.165, 1.54) is 12.0 Å². The molecule has 1 rings (SSSR count). The Morgan fingerprint density at radius 3 is 2.94 bits per heavy atom. The number of anilines is 1. The molecule has 1 unspecified atom stereocenters. The third kappa shape index (κ3) is 3.17. The summed E-state index contributed by atoms with van der Waals surface area (Å²) >= 11 is 0. The first-order valence-electron chi connectivity index (χ1n) is 4.65. The number of nitrogens with two attached hydrogens (primary N) is 1. The van der Waals surface area contributed by atoms with E-state index in [4.69, 9.17) is 10.5 Å². The highest BCUT2D eigenvalue weighted by atomic mass is 16.5. The summed E-state index contributed by atoms with van der Waals surface area (Å²) in [5.41, 5.74) is 5.27. The van der Waals surface area contributed by atoms with E-state index < -0.39 is 6.10 Å². The normalized spacial score (nSPS) is 12.4. The smallest absolute Gasteiger partial charge is 0.291 e. The number of nitrogens with one attached hydrogen (secondary N) is 1. The van der Waals surface area contributed by atoms with Crippen molar-refractivity contribution in [2.75, 3.05) is 33.0 Å². The van der Waals surface area contributed by atoms with Gasteiger partial charge in [0.1, 0.15) is 0 Å². The van der Waals surface area contributed by atoms with Crippen molar-refractivity contribution in [1.29, 1.82) is 0 Å². The van der Waals surface area contributed by atoms with E-state index >= 15 is 0 Å². The zero-order valence-electron chi connectivity index (χ0n) is 9.17. The van der Waals surface area contributed by atoms with Gasteiger partial charge in [0.15, 0.2) is 0 Å². The van der Waals surface area contributed by atoms with Gasteiger partial charge in [-0.15, -0.1) is 5.10 Å². The van der Waals surface area contributed by atoms with Crippen LogP contribution < -0.4 is 5.73 Å². The van der Waals surface area contributed by atoms with E-state index in [2.05, 4.69) is 15.2 Å². The van der Waals surface area contributed by atoms with Crippen LogP contribution in [0.2, 0.25) is 0 Å². The van der Waals surface area contributed by atoms with Gasteiger partial charge in [-0.05, 0) is 0 Å². The number of carbonyl (C=O) groups is 1. The topological polar surface area (TPSA) is 117 Å². The molecule has 1 aromatic rings. The lowest BCUT2D eigenvalue weighted by Gasteiger charge is -2.18. The van der Waals surface area contributed by atoms with E-state index in [1.807, 2.05) is 0 Å². The van der Waals surface area contributed by atoms with Crippen molar-refractivity contribution in [3.8, 4) is 0 Å². The van der Waals surface area contributed by atoms with Crippen molar-refractivity contribution in [2.24, 2.45) is 0 Å². The third-order valence-electron chi connectivity index (χ3n) is 1.90. The van der Waals surface area contributed by atoms with E-state index in [0.717, 1.165) is 0 Å². The minimum Gasteiger partial charge on any atom is -0.389 e. The number of rotatable bonds is 5. The van der Waals surface area contributed by atoms with E-state index in [0.29, 0.717) is 0 Å². The van der Waals surface area contributed by atoms with Gasteiger partial charge in [-0.25, -0.2) is 0 Å². The van der Waals surface area contributed by atoms with Gasteiger partial charge in [0, 0.05) is 20.7 Å². The number of likely N-dealkylation sites (N-methyl/N-ethyl adjacent to an activating group) is 1.